The lowest BCUT2D eigenvalue weighted by Crippen LogP contribution is -2.11. The molecule has 0 saturated heterocycles. The molecule has 1 amide bonds. The van der Waals surface area contributed by atoms with E-state index in [1.165, 1.54) is 12.1 Å². The maximum absolute atomic E-state index is 12.3. The second-order valence-corrected chi connectivity index (χ2v) is 5.97. The predicted octanol–water partition coefficient (Wildman–Crippen LogP) is 5.31. The van der Waals surface area contributed by atoms with Crippen LogP contribution in [-0.4, -0.2) is 11.7 Å². The van der Waals surface area contributed by atoms with Gasteiger partial charge in [0.25, 0.3) is 11.7 Å². The average Bonchev–Trinajstić information content (AvgIpc) is 2.86. The smallest absolute Gasteiger partial charge is 0.291 e. The number of carbonyl (C=O) groups excluding carboxylic acids is 1. The van der Waals surface area contributed by atoms with Crippen molar-refractivity contribution >= 4 is 34.3 Å². The number of amides is 1. The summed E-state index contributed by atoms with van der Waals surface area (Å²) in [5.74, 6) is -2.58. The van der Waals surface area contributed by atoms with Crippen LogP contribution in [0.15, 0.2) is 57.8 Å². The molecule has 3 rings (SSSR count). The monoisotopic (exact) mass is 333 g/mol. The Morgan fingerprint density at radius 3 is 2.48 bits per heavy atom. The van der Waals surface area contributed by atoms with E-state index in [1.807, 2.05) is 25.1 Å². The lowest BCUT2D eigenvalue weighted by molar-refractivity contribution is 0.0998. The Morgan fingerprint density at radius 1 is 1.13 bits per heavy atom. The second kappa shape index (κ2) is 6.42. The molecule has 1 N–H and O–H groups in total. The maximum atomic E-state index is 12.3. The SMILES string of the molecule is Cc1c(C(=O)Nc2ccc(SC(F)F)cc2)oc2ccccc12. The molecule has 1 aromatic heterocycles. The minimum absolute atomic E-state index is 0.247. The highest BCUT2D eigenvalue weighted by atomic mass is 32.2. The Balaban J connectivity index is 1.79. The summed E-state index contributed by atoms with van der Waals surface area (Å²) in [6.45, 7) is 1.82. The summed E-state index contributed by atoms with van der Waals surface area (Å²) in [6, 6.07) is 13.7. The topological polar surface area (TPSA) is 42.2 Å². The second-order valence-electron chi connectivity index (χ2n) is 4.91. The zero-order chi connectivity index (χ0) is 16.4. The number of fused-ring (bicyclic) bond motifs is 1. The van der Waals surface area contributed by atoms with Crippen molar-refractivity contribution in [2.45, 2.75) is 17.6 Å². The van der Waals surface area contributed by atoms with Crippen LogP contribution in [0.3, 0.4) is 0 Å². The van der Waals surface area contributed by atoms with Crippen LogP contribution < -0.4 is 5.32 Å². The molecular formula is C17H13F2NO2S. The minimum Gasteiger partial charge on any atom is -0.451 e. The summed E-state index contributed by atoms with van der Waals surface area (Å²) in [4.78, 5) is 12.8. The van der Waals surface area contributed by atoms with E-state index < -0.39 is 5.76 Å². The standard InChI is InChI=1S/C17H13F2NO2S/c1-10-13-4-2-3-5-14(13)22-15(10)16(21)20-11-6-8-12(9-7-11)23-17(18)19/h2-9,17H,1H3,(H,20,21). The fourth-order valence-electron chi connectivity index (χ4n) is 2.30. The zero-order valence-electron chi connectivity index (χ0n) is 12.2. The van der Waals surface area contributed by atoms with Gasteiger partial charge in [-0.05, 0) is 37.3 Å². The molecule has 0 atom stereocenters. The van der Waals surface area contributed by atoms with Gasteiger partial charge in [-0.1, -0.05) is 30.0 Å². The summed E-state index contributed by atoms with van der Waals surface area (Å²) < 4.78 is 30.2. The van der Waals surface area contributed by atoms with E-state index in [4.69, 9.17) is 4.42 Å². The Hall–Kier alpha value is -2.34. The third-order valence-electron chi connectivity index (χ3n) is 3.39. The summed E-state index contributed by atoms with van der Waals surface area (Å²) in [6.07, 6.45) is 0. The lowest BCUT2D eigenvalue weighted by atomic mass is 10.1. The zero-order valence-corrected chi connectivity index (χ0v) is 13.0. The predicted molar refractivity (Wildman–Crippen MR) is 87.2 cm³/mol. The number of hydrogen-bond acceptors (Lipinski definition) is 3. The molecule has 1 heterocycles. The van der Waals surface area contributed by atoms with E-state index in [-0.39, 0.29) is 11.7 Å². The van der Waals surface area contributed by atoms with Gasteiger partial charge in [-0.25, -0.2) is 0 Å². The average molecular weight is 333 g/mol. The van der Waals surface area contributed by atoms with Crippen LogP contribution >= 0.6 is 11.8 Å². The number of furan rings is 1. The first kappa shape index (κ1) is 15.6. The number of thioether (sulfide) groups is 1. The molecule has 0 aliphatic carbocycles. The van der Waals surface area contributed by atoms with Crippen LogP contribution in [0, 0.1) is 6.92 Å². The molecule has 0 bridgehead atoms. The maximum Gasteiger partial charge on any atom is 0.291 e. The van der Waals surface area contributed by atoms with Crippen LogP contribution in [0.1, 0.15) is 16.1 Å². The third kappa shape index (κ3) is 3.37. The molecule has 0 saturated carbocycles. The summed E-state index contributed by atoms with van der Waals surface area (Å²) >= 11 is 0.463. The fourth-order valence-corrected chi connectivity index (χ4v) is 2.80. The Labute approximate surface area is 135 Å². The Kier molecular flexibility index (Phi) is 4.34. The summed E-state index contributed by atoms with van der Waals surface area (Å²) in [5, 5.41) is 3.60. The highest BCUT2D eigenvalue weighted by molar-refractivity contribution is 7.99. The van der Waals surface area contributed by atoms with Crippen LogP contribution in [0.4, 0.5) is 14.5 Å². The van der Waals surface area contributed by atoms with Crippen LogP contribution in [0.2, 0.25) is 0 Å². The van der Waals surface area contributed by atoms with Gasteiger partial charge in [0.15, 0.2) is 5.76 Å². The van der Waals surface area contributed by atoms with Crippen molar-refractivity contribution in [3.8, 4) is 0 Å². The first-order valence-corrected chi connectivity index (χ1v) is 7.77. The molecule has 2 aromatic carbocycles. The number of anilines is 1. The van der Waals surface area contributed by atoms with Crippen molar-refractivity contribution in [2.75, 3.05) is 5.32 Å². The molecule has 6 heteroatoms. The van der Waals surface area contributed by atoms with E-state index in [0.717, 1.165) is 10.9 Å². The van der Waals surface area contributed by atoms with Gasteiger partial charge < -0.3 is 9.73 Å². The molecule has 118 valence electrons. The molecule has 0 unspecified atom stereocenters. The van der Waals surface area contributed by atoms with Crippen molar-refractivity contribution in [1.82, 2.24) is 0 Å². The summed E-state index contributed by atoms with van der Waals surface area (Å²) in [7, 11) is 0. The van der Waals surface area contributed by atoms with Crippen LogP contribution in [0.5, 0.6) is 0 Å². The van der Waals surface area contributed by atoms with Gasteiger partial charge in [-0.3, -0.25) is 4.79 Å². The largest absolute Gasteiger partial charge is 0.451 e. The van der Waals surface area contributed by atoms with E-state index in [2.05, 4.69) is 5.32 Å². The van der Waals surface area contributed by atoms with Gasteiger partial charge in [0.05, 0.1) is 0 Å². The molecule has 0 spiro atoms. The van der Waals surface area contributed by atoms with Gasteiger partial charge >= 0.3 is 0 Å². The van der Waals surface area contributed by atoms with Crippen molar-refractivity contribution in [3.05, 3.63) is 59.9 Å². The quantitative estimate of drug-likeness (QED) is 0.658. The number of benzene rings is 2. The third-order valence-corrected chi connectivity index (χ3v) is 4.11. The fraction of sp³-hybridized carbons (Fsp3) is 0.118. The number of halogens is 2. The molecular weight excluding hydrogens is 320 g/mol. The van der Waals surface area contributed by atoms with Crippen molar-refractivity contribution in [1.29, 1.82) is 0 Å². The molecule has 0 radical (unpaired) electrons. The minimum atomic E-state index is -2.46. The van der Waals surface area contributed by atoms with Crippen LogP contribution in [0.25, 0.3) is 11.0 Å². The summed E-state index contributed by atoms with van der Waals surface area (Å²) in [5.41, 5.74) is 1.94. The molecule has 0 fully saturated rings. The number of para-hydroxylation sites is 1. The van der Waals surface area contributed by atoms with Crippen LogP contribution in [-0.2, 0) is 0 Å². The first-order valence-electron chi connectivity index (χ1n) is 6.89. The Morgan fingerprint density at radius 2 is 1.83 bits per heavy atom. The van der Waals surface area contributed by atoms with Gasteiger partial charge in [0.1, 0.15) is 5.58 Å². The van der Waals surface area contributed by atoms with E-state index in [1.54, 1.807) is 18.2 Å². The Bertz CT molecular complexity index is 843. The van der Waals surface area contributed by atoms with Gasteiger partial charge in [0, 0.05) is 21.5 Å². The highest BCUT2D eigenvalue weighted by Crippen LogP contribution is 2.28. The van der Waals surface area contributed by atoms with Crippen molar-refractivity contribution < 1.29 is 18.0 Å². The van der Waals surface area contributed by atoms with Crippen molar-refractivity contribution in [3.63, 3.8) is 0 Å². The molecule has 23 heavy (non-hydrogen) atoms. The van der Waals surface area contributed by atoms with E-state index in [0.29, 0.717) is 27.9 Å². The van der Waals surface area contributed by atoms with E-state index >= 15 is 0 Å². The number of nitrogens with one attached hydrogen (secondary N) is 1. The van der Waals surface area contributed by atoms with Gasteiger partial charge in [0.2, 0.25) is 0 Å². The molecule has 0 aliphatic rings. The normalized spacial score (nSPS) is 11.1. The number of rotatable bonds is 4. The van der Waals surface area contributed by atoms with Crippen molar-refractivity contribution in [2.24, 2.45) is 0 Å². The highest BCUT2D eigenvalue weighted by Gasteiger charge is 2.17. The first-order chi connectivity index (χ1) is 11.0. The number of hydrogen-bond donors (Lipinski definition) is 1. The number of aryl methyl sites for hydroxylation is 1. The van der Waals surface area contributed by atoms with E-state index in [9.17, 15) is 13.6 Å². The molecule has 3 nitrogen and oxygen atoms in total. The molecule has 3 aromatic rings. The number of alkyl halides is 2. The number of carbonyl (C=O) groups is 1. The molecule has 0 aliphatic heterocycles. The lowest BCUT2D eigenvalue weighted by Gasteiger charge is -2.05. The van der Waals surface area contributed by atoms with Gasteiger partial charge in [-0.2, -0.15) is 8.78 Å². The van der Waals surface area contributed by atoms with Gasteiger partial charge in [-0.15, -0.1) is 0 Å².